The van der Waals surface area contributed by atoms with Crippen LogP contribution < -0.4 is 10.0 Å². The van der Waals surface area contributed by atoms with Crippen LogP contribution in [0.1, 0.15) is 49.1 Å². The van der Waals surface area contributed by atoms with Gasteiger partial charge in [0.25, 0.3) is 15.9 Å². The van der Waals surface area contributed by atoms with Crippen LogP contribution in [0.25, 0.3) is 0 Å². The molecule has 0 radical (unpaired) electrons. The highest BCUT2D eigenvalue weighted by Gasteiger charge is 2.30. The largest absolute Gasteiger partial charge is 0.449 e. The lowest BCUT2D eigenvalue weighted by molar-refractivity contribution is -0.123. The first-order valence-corrected chi connectivity index (χ1v) is 14.0. The minimum absolute atomic E-state index is 0.00153. The first kappa shape index (κ1) is 26.0. The Labute approximate surface area is 227 Å². The van der Waals surface area contributed by atoms with E-state index in [2.05, 4.69) is 10.0 Å². The van der Waals surface area contributed by atoms with Crippen LogP contribution in [0.5, 0.6) is 0 Å². The molecule has 196 valence electrons. The zero-order chi connectivity index (χ0) is 27.7. The van der Waals surface area contributed by atoms with Crippen molar-refractivity contribution in [2.75, 3.05) is 10.0 Å². The predicted octanol–water partition coefficient (Wildman–Crippen LogP) is 4.51. The standard InChI is InChI=1S/C28H20N2O7S2/c1-16(37-28(34)21-9-4-5-10-23(21)30-39(35,36)24-11-6-14-38-24)27(33)29-17-12-13-20-22(15-17)26(32)19-8-3-2-7-18(19)25(20)31/h2-16,30H,1H3,(H,29,33)/t16-/m0/s1. The van der Waals surface area contributed by atoms with E-state index >= 15 is 0 Å². The highest BCUT2D eigenvalue weighted by molar-refractivity contribution is 7.94. The third kappa shape index (κ3) is 5.09. The summed E-state index contributed by atoms with van der Waals surface area (Å²) in [6, 6.07) is 19.8. The van der Waals surface area contributed by atoms with Crippen LogP contribution in [0.15, 0.2) is 88.5 Å². The molecule has 9 nitrogen and oxygen atoms in total. The molecule has 0 unspecified atom stereocenters. The molecule has 1 heterocycles. The van der Waals surface area contributed by atoms with Gasteiger partial charge in [-0.3, -0.25) is 19.1 Å². The molecule has 1 aliphatic rings. The van der Waals surface area contributed by atoms with Crippen LogP contribution in [0.3, 0.4) is 0 Å². The zero-order valence-electron chi connectivity index (χ0n) is 20.3. The number of esters is 1. The van der Waals surface area contributed by atoms with E-state index in [4.69, 9.17) is 4.74 Å². The van der Waals surface area contributed by atoms with Gasteiger partial charge in [-0.25, -0.2) is 13.2 Å². The van der Waals surface area contributed by atoms with Crippen molar-refractivity contribution in [2.24, 2.45) is 0 Å². The summed E-state index contributed by atoms with van der Waals surface area (Å²) in [4.78, 5) is 51.4. The van der Waals surface area contributed by atoms with Crippen molar-refractivity contribution in [3.63, 3.8) is 0 Å². The second-order valence-electron chi connectivity index (χ2n) is 8.58. The van der Waals surface area contributed by atoms with Gasteiger partial charge in [-0.1, -0.05) is 42.5 Å². The van der Waals surface area contributed by atoms with Crippen molar-refractivity contribution in [2.45, 2.75) is 17.2 Å². The van der Waals surface area contributed by atoms with Gasteiger partial charge in [-0.2, -0.15) is 0 Å². The van der Waals surface area contributed by atoms with Crippen molar-refractivity contribution < 1.29 is 32.3 Å². The molecule has 2 N–H and O–H groups in total. The normalized spacial score (nSPS) is 13.2. The molecule has 5 rings (SSSR count). The van der Waals surface area contributed by atoms with E-state index < -0.39 is 28.0 Å². The number of hydrogen-bond acceptors (Lipinski definition) is 8. The maximum Gasteiger partial charge on any atom is 0.341 e. The van der Waals surface area contributed by atoms with Crippen LogP contribution in [-0.4, -0.2) is 38.0 Å². The smallest absolute Gasteiger partial charge is 0.341 e. The van der Waals surface area contributed by atoms with Crippen LogP contribution in [0.2, 0.25) is 0 Å². The molecule has 11 heteroatoms. The van der Waals surface area contributed by atoms with Crippen molar-refractivity contribution >= 4 is 56.2 Å². The number of anilines is 2. The van der Waals surface area contributed by atoms with Crippen molar-refractivity contribution in [1.82, 2.24) is 0 Å². The number of hydrogen-bond donors (Lipinski definition) is 2. The first-order chi connectivity index (χ1) is 18.7. The van der Waals surface area contributed by atoms with Gasteiger partial charge in [0, 0.05) is 27.9 Å². The summed E-state index contributed by atoms with van der Waals surface area (Å²) in [5.41, 5.74) is 1.17. The summed E-state index contributed by atoms with van der Waals surface area (Å²) in [5, 5.41) is 4.20. The van der Waals surface area contributed by atoms with E-state index in [0.717, 1.165) is 11.3 Å². The minimum atomic E-state index is -3.92. The molecule has 3 aromatic carbocycles. The number of fused-ring (bicyclic) bond motifs is 2. The Balaban J connectivity index is 1.29. The van der Waals surface area contributed by atoms with Crippen LogP contribution in [0.4, 0.5) is 11.4 Å². The van der Waals surface area contributed by atoms with Gasteiger partial charge >= 0.3 is 5.97 Å². The Bertz CT molecular complexity index is 1750. The average molecular weight is 561 g/mol. The fourth-order valence-corrected chi connectivity index (χ4v) is 6.13. The van der Waals surface area contributed by atoms with E-state index in [9.17, 15) is 27.6 Å². The zero-order valence-corrected chi connectivity index (χ0v) is 22.0. The lowest BCUT2D eigenvalue weighted by atomic mass is 9.84. The van der Waals surface area contributed by atoms with Crippen LogP contribution >= 0.6 is 11.3 Å². The number of para-hydroxylation sites is 1. The monoisotopic (exact) mass is 560 g/mol. The van der Waals surface area contributed by atoms with Gasteiger partial charge in [-0.15, -0.1) is 11.3 Å². The number of benzene rings is 3. The van der Waals surface area contributed by atoms with E-state index in [1.807, 2.05) is 0 Å². The fourth-order valence-electron chi connectivity index (χ4n) is 4.06. The quantitative estimate of drug-likeness (QED) is 0.280. The Morgan fingerprint density at radius 2 is 1.46 bits per heavy atom. The van der Waals surface area contributed by atoms with Crippen molar-refractivity contribution in [3.05, 3.63) is 112 Å². The minimum Gasteiger partial charge on any atom is -0.449 e. The molecule has 1 amide bonds. The Morgan fingerprint density at radius 3 is 2.15 bits per heavy atom. The predicted molar refractivity (Wildman–Crippen MR) is 145 cm³/mol. The lowest BCUT2D eigenvalue weighted by Gasteiger charge is -2.19. The number of rotatable bonds is 7. The number of ketones is 2. The fraction of sp³-hybridized carbons (Fsp3) is 0.0714. The number of sulfonamides is 1. The van der Waals surface area contributed by atoms with E-state index in [0.29, 0.717) is 5.56 Å². The summed E-state index contributed by atoms with van der Waals surface area (Å²) < 4.78 is 33.0. The molecule has 0 saturated carbocycles. The Kier molecular flexibility index (Phi) is 6.85. The summed E-state index contributed by atoms with van der Waals surface area (Å²) in [6.07, 6.45) is -1.27. The van der Waals surface area contributed by atoms with Gasteiger partial charge in [-0.05, 0) is 48.7 Å². The van der Waals surface area contributed by atoms with Crippen LogP contribution in [-0.2, 0) is 19.6 Å². The number of carbonyl (C=O) groups is 4. The Hall–Kier alpha value is -4.61. The molecule has 1 atom stereocenters. The van der Waals surface area contributed by atoms with Crippen molar-refractivity contribution in [1.29, 1.82) is 0 Å². The number of carbonyl (C=O) groups excluding carboxylic acids is 4. The van der Waals surface area contributed by atoms with E-state index in [-0.39, 0.29) is 49.4 Å². The molecule has 1 aromatic heterocycles. The first-order valence-electron chi connectivity index (χ1n) is 11.7. The highest BCUT2D eigenvalue weighted by Crippen LogP contribution is 2.29. The lowest BCUT2D eigenvalue weighted by Crippen LogP contribution is -2.30. The second-order valence-corrected chi connectivity index (χ2v) is 11.4. The molecule has 39 heavy (non-hydrogen) atoms. The summed E-state index contributed by atoms with van der Waals surface area (Å²) in [6.45, 7) is 1.36. The summed E-state index contributed by atoms with van der Waals surface area (Å²) in [7, 11) is -3.92. The van der Waals surface area contributed by atoms with Crippen molar-refractivity contribution in [3.8, 4) is 0 Å². The maximum atomic E-state index is 13.0. The van der Waals surface area contributed by atoms with Gasteiger partial charge in [0.05, 0.1) is 11.3 Å². The molecule has 4 aromatic rings. The maximum absolute atomic E-state index is 13.0. The third-order valence-corrected chi connectivity index (χ3v) is 8.76. The molecule has 0 saturated heterocycles. The molecular formula is C28H20N2O7S2. The summed E-state index contributed by atoms with van der Waals surface area (Å²) in [5.74, 6) is -2.22. The molecular weight excluding hydrogens is 540 g/mol. The van der Waals surface area contributed by atoms with E-state index in [1.165, 1.54) is 49.4 Å². The summed E-state index contributed by atoms with van der Waals surface area (Å²) >= 11 is 1.02. The second kappa shape index (κ2) is 10.3. The number of nitrogens with one attached hydrogen (secondary N) is 2. The van der Waals surface area contributed by atoms with E-state index in [1.54, 1.807) is 41.8 Å². The third-order valence-electron chi connectivity index (χ3n) is 6.00. The number of amides is 1. The topological polar surface area (TPSA) is 136 Å². The highest BCUT2D eigenvalue weighted by atomic mass is 32.2. The number of ether oxygens (including phenoxy) is 1. The SMILES string of the molecule is C[C@H](OC(=O)c1ccccc1NS(=O)(=O)c1cccs1)C(=O)Nc1ccc2c(c1)C(=O)c1ccccc1C2=O. The average Bonchev–Trinajstić information content (AvgIpc) is 3.48. The van der Waals surface area contributed by atoms with Gasteiger partial charge < -0.3 is 10.1 Å². The van der Waals surface area contributed by atoms with Crippen LogP contribution in [0, 0.1) is 0 Å². The molecule has 0 spiro atoms. The van der Waals surface area contributed by atoms with Gasteiger partial charge in [0.1, 0.15) is 4.21 Å². The molecule has 1 aliphatic carbocycles. The number of thiophene rings is 1. The van der Waals surface area contributed by atoms with Gasteiger partial charge in [0.15, 0.2) is 17.7 Å². The molecule has 0 fully saturated rings. The molecule has 0 bridgehead atoms. The Morgan fingerprint density at radius 1 is 0.821 bits per heavy atom. The van der Waals surface area contributed by atoms with Gasteiger partial charge in [0.2, 0.25) is 0 Å². The molecule has 0 aliphatic heterocycles.